The molecule has 0 unspecified atom stereocenters. The summed E-state index contributed by atoms with van der Waals surface area (Å²) in [4.78, 5) is 23.5. The van der Waals surface area contributed by atoms with Gasteiger partial charge in [0.25, 0.3) is 0 Å². The number of hydrogen-bond donors (Lipinski definition) is 2. The molecule has 6 heteroatoms. The first-order chi connectivity index (χ1) is 15.1. The molecule has 2 N–H and O–H groups in total. The molecule has 0 fully saturated rings. The van der Waals surface area contributed by atoms with Crippen LogP contribution < -0.4 is 10.1 Å². The number of carbonyl (C=O) groups excluding carboxylic acids is 1. The largest absolute Gasteiger partial charge is 0.496 e. The Balaban J connectivity index is 1.36. The number of carboxylic acids is 1. The van der Waals surface area contributed by atoms with Gasteiger partial charge in [-0.1, -0.05) is 48.5 Å². The molecule has 1 aliphatic rings. The first kappa shape index (κ1) is 20.5. The Morgan fingerprint density at radius 2 is 1.61 bits per heavy atom. The summed E-state index contributed by atoms with van der Waals surface area (Å²) in [6.45, 7) is 0.549. The molecule has 1 amide bonds. The highest BCUT2D eigenvalue weighted by Crippen LogP contribution is 2.44. The molecule has 0 aliphatic heterocycles. The zero-order valence-electron chi connectivity index (χ0n) is 17.1. The summed E-state index contributed by atoms with van der Waals surface area (Å²) in [5.74, 6) is -0.418. The van der Waals surface area contributed by atoms with E-state index in [4.69, 9.17) is 14.6 Å². The van der Waals surface area contributed by atoms with Crippen LogP contribution in [-0.2, 0) is 11.2 Å². The normalized spacial score (nSPS) is 12.0. The number of nitrogens with one attached hydrogen (secondary N) is 1. The van der Waals surface area contributed by atoms with Gasteiger partial charge >= 0.3 is 12.1 Å². The van der Waals surface area contributed by atoms with Gasteiger partial charge in [-0.15, -0.1) is 0 Å². The number of benzene rings is 3. The molecular weight excluding hydrogens is 394 g/mol. The number of amides is 1. The fourth-order valence-electron chi connectivity index (χ4n) is 4.06. The van der Waals surface area contributed by atoms with Crippen molar-refractivity contribution in [2.75, 3.05) is 20.3 Å². The molecular formula is C25H23NO5. The lowest BCUT2D eigenvalue weighted by Crippen LogP contribution is -2.28. The van der Waals surface area contributed by atoms with E-state index in [2.05, 4.69) is 29.6 Å². The highest BCUT2D eigenvalue weighted by atomic mass is 16.5. The van der Waals surface area contributed by atoms with Crippen molar-refractivity contribution in [3.05, 3.63) is 89.0 Å². The summed E-state index contributed by atoms with van der Waals surface area (Å²) >= 11 is 0. The minimum atomic E-state index is -1.01. The Kier molecular flexibility index (Phi) is 5.89. The number of alkyl carbamates (subject to hydrolysis) is 1. The third kappa shape index (κ3) is 4.23. The molecule has 3 aromatic carbocycles. The van der Waals surface area contributed by atoms with Gasteiger partial charge in [-0.25, -0.2) is 9.59 Å². The van der Waals surface area contributed by atoms with Gasteiger partial charge in [0.2, 0.25) is 0 Å². The fraction of sp³-hybridized carbons (Fsp3) is 0.200. The quantitative estimate of drug-likeness (QED) is 0.592. The number of carbonyl (C=O) groups is 2. The number of ether oxygens (including phenoxy) is 2. The van der Waals surface area contributed by atoms with Gasteiger partial charge in [0.05, 0.1) is 12.7 Å². The van der Waals surface area contributed by atoms with Gasteiger partial charge in [-0.2, -0.15) is 0 Å². The van der Waals surface area contributed by atoms with Gasteiger partial charge in [0, 0.05) is 12.5 Å². The monoisotopic (exact) mass is 417 g/mol. The molecule has 158 valence electrons. The Labute approximate surface area is 180 Å². The van der Waals surface area contributed by atoms with E-state index in [1.807, 2.05) is 24.3 Å². The molecule has 1 aliphatic carbocycles. The van der Waals surface area contributed by atoms with E-state index in [1.165, 1.54) is 24.3 Å². The van der Waals surface area contributed by atoms with Crippen molar-refractivity contribution in [1.29, 1.82) is 0 Å². The lowest BCUT2D eigenvalue weighted by molar-refractivity contribution is 0.0696. The van der Waals surface area contributed by atoms with E-state index in [-0.39, 0.29) is 18.1 Å². The van der Waals surface area contributed by atoms with Crippen molar-refractivity contribution in [2.45, 2.75) is 12.3 Å². The Bertz CT molecular complexity index is 1080. The average molecular weight is 417 g/mol. The van der Waals surface area contributed by atoms with Gasteiger partial charge < -0.3 is 19.9 Å². The van der Waals surface area contributed by atoms with E-state index in [0.29, 0.717) is 24.3 Å². The summed E-state index contributed by atoms with van der Waals surface area (Å²) < 4.78 is 10.8. The highest BCUT2D eigenvalue weighted by molar-refractivity contribution is 5.88. The van der Waals surface area contributed by atoms with Gasteiger partial charge in [-0.3, -0.25) is 0 Å². The van der Waals surface area contributed by atoms with Crippen LogP contribution in [0.5, 0.6) is 5.75 Å². The third-order valence-electron chi connectivity index (χ3n) is 5.53. The maximum atomic E-state index is 12.3. The van der Waals surface area contributed by atoms with Crippen LogP contribution >= 0.6 is 0 Å². The number of aromatic carboxylic acids is 1. The second-order valence-corrected chi connectivity index (χ2v) is 7.33. The summed E-state index contributed by atoms with van der Waals surface area (Å²) in [7, 11) is 1.53. The maximum absolute atomic E-state index is 12.3. The molecule has 6 nitrogen and oxygen atoms in total. The minimum absolute atomic E-state index is 0.00509. The van der Waals surface area contributed by atoms with E-state index in [0.717, 1.165) is 11.1 Å². The second-order valence-electron chi connectivity index (χ2n) is 7.33. The van der Waals surface area contributed by atoms with Crippen molar-refractivity contribution < 1.29 is 24.2 Å². The average Bonchev–Trinajstić information content (AvgIpc) is 3.11. The van der Waals surface area contributed by atoms with E-state index in [9.17, 15) is 9.59 Å². The van der Waals surface area contributed by atoms with Gasteiger partial charge in [0.1, 0.15) is 12.4 Å². The fourth-order valence-corrected chi connectivity index (χ4v) is 4.06. The Morgan fingerprint density at radius 1 is 0.968 bits per heavy atom. The van der Waals surface area contributed by atoms with E-state index >= 15 is 0 Å². The molecule has 0 heterocycles. The zero-order valence-corrected chi connectivity index (χ0v) is 17.1. The van der Waals surface area contributed by atoms with Crippen LogP contribution in [0.4, 0.5) is 4.79 Å². The molecule has 31 heavy (non-hydrogen) atoms. The molecule has 0 saturated heterocycles. The van der Waals surface area contributed by atoms with Crippen molar-refractivity contribution >= 4 is 12.1 Å². The summed E-state index contributed by atoms with van der Waals surface area (Å²) in [6.07, 6.45) is -0.0793. The van der Waals surface area contributed by atoms with E-state index < -0.39 is 12.1 Å². The predicted octanol–water partition coefficient (Wildman–Crippen LogP) is 4.47. The number of carboxylic acid groups (broad SMARTS) is 1. The smallest absolute Gasteiger partial charge is 0.407 e. The van der Waals surface area contributed by atoms with Crippen LogP contribution in [0.1, 0.15) is 33.0 Å². The van der Waals surface area contributed by atoms with Crippen LogP contribution in [0, 0.1) is 0 Å². The number of fused-ring (bicyclic) bond motifs is 3. The Morgan fingerprint density at radius 3 is 2.23 bits per heavy atom. The molecule has 0 radical (unpaired) electrons. The lowest BCUT2D eigenvalue weighted by atomic mass is 9.98. The molecule has 0 saturated carbocycles. The zero-order chi connectivity index (χ0) is 21.8. The van der Waals surface area contributed by atoms with Crippen molar-refractivity contribution in [3.8, 4) is 16.9 Å². The Hall–Kier alpha value is -3.80. The maximum Gasteiger partial charge on any atom is 0.407 e. The van der Waals surface area contributed by atoms with Crippen molar-refractivity contribution in [1.82, 2.24) is 5.32 Å². The van der Waals surface area contributed by atoms with Crippen LogP contribution in [-0.4, -0.2) is 37.4 Å². The molecule has 0 bridgehead atoms. The van der Waals surface area contributed by atoms with Crippen molar-refractivity contribution in [2.24, 2.45) is 0 Å². The second kappa shape index (κ2) is 8.92. The number of methoxy groups -OCH3 is 1. The molecule has 3 aromatic rings. The summed E-state index contributed by atoms with van der Waals surface area (Å²) in [5.41, 5.74) is 5.56. The molecule has 0 spiro atoms. The standard InChI is InChI=1S/C25H23NO5/c1-30-23-11-10-17(24(27)28)14-16(23)12-13-26-25(29)31-15-22-20-8-4-2-6-18(20)19-7-3-5-9-21(19)22/h2-11,14,22H,12-13,15H2,1H3,(H,26,29)(H,27,28). The first-order valence-corrected chi connectivity index (χ1v) is 10.1. The topological polar surface area (TPSA) is 84.9 Å². The number of hydrogen-bond acceptors (Lipinski definition) is 4. The lowest BCUT2D eigenvalue weighted by Gasteiger charge is -2.15. The van der Waals surface area contributed by atoms with Crippen LogP contribution in [0.15, 0.2) is 66.7 Å². The predicted molar refractivity (Wildman–Crippen MR) is 117 cm³/mol. The third-order valence-corrected chi connectivity index (χ3v) is 5.53. The minimum Gasteiger partial charge on any atom is -0.496 e. The number of rotatable bonds is 7. The van der Waals surface area contributed by atoms with Gasteiger partial charge in [0.15, 0.2) is 0 Å². The van der Waals surface area contributed by atoms with E-state index in [1.54, 1.807) is 12.1 Å². The van der Waals surface area contributed by atoms with Crippen LogP contribution in [0.2, 0.25) is 0 Å². The van der Waals surface area contributed by atoms with Crippen LogP contribution in [0.3, 0.4) is 0 Å². The first-order valence-electron chi connectivity index (χ1n) is 10.1. The van der Waals surface area contributed by atoms with Gasteiger partial charge in [-0.05, 0) is 52.4 Å². The molecule has 0 atom stereocenters. The highest BCUT2D eigenvalue weighted by Gasteiger charge is 2.28. The van der Waals surface area contributed by atoms with Crippen LogP contribution in [0.25, 0.3) is 11.1 Å². The molecule has 4 rings (SSSR count). The van der Waals surface area contributed by atoms with Crippen molar-refractivity contribution in [3.63, 3.8) is 0 Å². The summed E-state index contributed by atoms with van der Waals surface area (Å²) in [5, 5.41) is 11.9. The SMILES string of the molecule is COc1ccc(C(=O)O)cc1CCNC(=O)OCC1c2ccccc2-c2ccccc21. The molecule has 0 aromatic heterocycles. The summed E-state index contributed by atoms with van der Waals surface area (Å²) in [6, 6.07) is 21.0.